The van der Waals surface area contributed by atoms with Crippen LogP contribution in [0.1, 0.15) is 28.8 Å². The Morgan fingerprint density at radius 2 is 1.74 bits per heavy atom. The lowest BCUT2D eigenvalue weighted by molar-refractivity contribution is -0.118. The zero-order chi connectivity index (χ0) is 16.1. The fourth-order valence-electron chi connectivity index (χ4n) is 2.87. The summed E-state index contributed by atoms with van der Waals surface area (Å²) in [6.45, 7) is 1.27. The van der Waals surface area contributed by atoms with Gasteiger partial charge in [0.25, 0.3) is 5.91 Å². The van der Waals surface area contributed by atoms with Crippen molar-refractivity contribution in [3.8, 4) is 0 Å². The molecule has 2 aromatic carbocycles. The summed E-state index contributed by atoms with van der Waals surface area (Å²) in [4.78, 5) is 26.1. The first kappa shape index (κ1) is 15.3. The minimum Gasteiger partial charge on any atom is -0.352 e. The highest BCUT2D eigenvalue weighted by molar-refractivity contribution is 5.96. The number of hydrogen-bond acceptors (Lipinski definition) is 2. The van der Waals surface area contributed by atoms with Gasteiger partial charge in [-0.15, -0.1) is 0 Å². The van der Waals surface area contributed by atoms with Crippen molar-refractivity contribution < 1.29 is 9.59 Å². The number of anilines is 1. The van der Waals surface area contributed by atoms with Crippen molar-refractivity contribution in [2.24, 2.45) is 0 Å². The largest absolute Gasteiger partial charge is 0.352 e. The van der Waals surface area contributed by atoms with Crippen molar-refractivity contribution in [1.29, 1.82) is 0 Å². The number of carbonyl (C=O) groups is 2. The minimum atomic E-state index is -0.0930. The van der Waals surface area contributed by atoms with Crippen LogP contribution in [-0.2, 0) is 11.2 Å². The molecule has 118 valence electrons. The molecule has 2 aromatic rings. The lowest BCUT2D eigenvalue weighted by Gasteiger charge is -2.17. The summed E-state index contributed by atoms with van der Waals surface area (Å²) in [5, 5.41) is 2.85. The van der Waals surface area contributed by atoms with E-state index in [9.17, 15) is 9.59 Å². The van der Waals surface area contributed by atoms with E-state index in [4.69, 9.17) is 0 Å². The predicted molar refractivity (Wildman–Crippen MR) is 90.5 cm³/mol. The zero-order valence-electron chi connectivity index (χ0n) is 13.0. The van der Waals surface area contributed by atoms with Crippen LogP contribution in [0.4, 0.5) is 5.69 Å². The van der Waals surface area contributed by atoms with Gasteiger partial charge < -0.3 is 10.2 Å². The van der Waals surface area contributed by atoms with Crippen molar-refractivity contribution in [1.82, 2.24) is 5.32 Å². The third-order valence-corrected chi connectivity index (χ3v) is 4.08. The average molecular weight is 308 g/mol. The molecule has 0 bridgehead atoms. The van der Waals surface area contributed by atoms with E-state index in [1.807, 2.05) is 41.3 Å². The molecule has 0 fully saturated rings. The Morgan fingerprint density at radius 3 is 2.57 bits per heavy atom. The maximum atomic E-state index is 12.3. The number of hydrogen-bond donors (Lipinski definition) is 1. The Morgan fingerprint density at radius 1 is 1.00 bits per heavy atom. The van der Waals surface area contributed by atoms with E-state index in [0.717, 1.165) is 18.7 Å². The quantitative estimate of drug-likeness (QED) is 0.864. The van der Waals surface area contributed by atoms with Crippen molar-refractivity contribution in [3.05, 3.63) is 65.7 Å². The second kappa shape index (κ2) is 7.09. The monoisotopic (exact) mass is 308 g/mol. The number of nitrogens with one attached hydrogen (secondary N) is 1. The number of benzene rings is 2. The highest BCUT2D eigenvalue weighted by atomic mass is 16.2. The van der Waals surface area contributed by atoms with E-state index in [1.165, 1.54) is 5.56 Å². The maximum Gasteiger partial charge on any atom is 0.251 e. The Bertz CT molecular complexity index is 698. The van der Waals surface area contributed by atoms with Crippen LogP contribution in [0.25, 0.3) is 0 Å². The lowest BCUT2D eigenvalue weighted by atomic mass is 10.2. The molecule has 0 radical (unpaired) electrons. The molecule has 1 N–H and O–H groups in total. The summed E-state index contributed by atoms with van der Waals surface area (Å²) < 4.78 is 0. The standard InChI is InChI=1S/C19H20N2O2/c22-18(21-14-12-15-7-4-5-10-17(15)21)11-6-13-20-19(23)16-8-2-1-3-9-16/h1-5,7-10H,6,11-14H2,(H,20,23). The Balaban J connectivity index is 1.45. The average Bonchev–Trinajstić information content (AvgIpc) is 3.03. The van der Waals surface area contributed by atoms with Crippen molar-refractivity contribution >= 4 is 17.5 Å². The third kappa shape index (κ3) is 3.59. The molecule has 1 aliphatic rings. The molecule has 0 unspecified atom stereocenters. The van der Waals surface area contributed by atoms with E-state index < -0.39 is 0 Å². The molecule has 0 aliphatic carbocycles. The summed E-state index contributed by atoms with van der Waals surface area (Å²) >= 11 is 0. The highest BCUT2D eigenvalue weighted by Gasteiger charge is 2.23. The van der Waals surface area contributed by atoms with Crippen molar-refractivity contribution in [3.63, 3.8) is 0 Å². The summed E-state index contributed by atoms with van der Waals surface area (Å²) in [5.74, 6) is 0.0356. The van der Waals surface area contributed by atoms with Gasteiger partial charge in [0.1, 0.15) is 0 Å². The normalized spacial score (nSPS) is 12.8. The van der Waals surface area contributed by atoms with Gasteiger partial charge in [0.2, 0.25) is 5.91 Å². The molecular weight excluding hydrogens is 288 g/mol. The van der Waals surface area contributed by atoms with Gasteiger partial charge >= 0.3 is 0 Å². The van der Waals surface area contributed by atoms with Gasteiger partial charge in [-0.25, -0.2) is 0 Å². The van der Waals surface area contributed by atoms with E-state index in [1.54, 1.807) is 12.1 Å². The molecule has 3 rings (SSSR count). The number of fused-ring (bicyclic) bond motifs is 1. The van der Waals surface area contributed by atoms with Gasteiger partial charge in [-0.2, -0.15) is 0 Å². The van der Waals surface area contributed by atoms with Gasteiger partial charge in [0.05, 0.1) is 0 Å². The van der Waals surface area contributed by atoms with Crippen LogP contribution < -0.4 is 10.2 Å². The first-order valence-electron chi connectivity index (χ1n) is 7.97. The van der Waals surface area contributed by atoms with Crippen LogP contribution in [0.2, 0.25) is 0 Å². The molecule has 4 heteroatoms. The number of carbonyl (C=O) groups excluding carboxylic acids is 2. The van der Waals surface area contributed by atoms with E-state index in [2.05, 4.69) is 11.4 Å². The van der Waals surface area contributed by atoms with Gasteiger partial charge in [-0.1, -0.05) is 36.4 Å². The lowest BCUT2D eigenvalue weighted by Crippen LogP contribution is -2.30. The molecule has 0 saturated heterocycles. The summed E-state index contributed by atoms with van der Waals surface area (Å²) in [6.07, 6.45) is 2.02. The number of rotatable bonds is 5. The van der Waals surface area contributed by atoms with Gasteiger partial charge in [-0.3, -0.25) is 9.59 Å². The number of para-hydroxylation sites is 1. The van der Waals surface area contributed by atoms with Crippen molar-refractivity contribution in [2.75, 3.05) is 18.0 Å². The van der Waals surface area contributed by atoms with Crippen LogP contribution in [0, 0.1) is 0 Å². The maximum absolute atomic E-state index is 12.3. The molecule has 2 amide bonds. The predicted octanol–water partition coefficient (Wildman–Crippen LogP) is 2.79. The molecule has 1 aliphatic heterocycles. The fourth-order valence-corrected chi connectivity index (χ4v) is 2.87. The van der Waals surface area contributed by atoms with Crippen LogP contribution in [0.3, 0.4) is 0 Å². The van der Waals surface area contributed by atoms with Gasteiger partial charge in [0, 0.05) is 30.8 Å². The molecule has 0 atom stereocenters. The molecule has 0 spiro atoms. The Hall–Kier alpha value is -2.62. The fraction of sp³-hybridized carbons (Fsp3) is 0.263. The third-order valence-electron chi connectivity index (χ3n) is 4.08. The molecular formula is C19H20N2O2. The van der Waals surface area contributed by atoms with Crippen molar-refractivity contribution in [2.45, 2.75) is 19.3 Å². The molecule has 0 saturated carbocycles. The summed E-state index contributed by atoms with van der Waals surface area (Å²) in [5.41, 5.74) is 2.91. The second-order valence-electron chi connectivity index (χ2n) is 5.65. The summed E-state index contributed by atoms with van der Waals surface area (Å²) in [7, 11) is 0. The van der Waals surface area contributed by atoms with Crippen LogP contribution in [0.5, 0.6) is 0 Å². The highest BCUT2D eigenvalue weighted by Crippen LogP contribution is 2.27. The smallest absolute Gasteiger partial charge is 0.251 e. The van der Waals surface area contributed by atoms with E-state index in [0.29, 0.717) is 24.9 Å². The van der Waals surface area contributed by atoms with E-state index >= 15 is 0 Å². The molecule has 1 heterocycles. The Labute approximate surface area is 136 Å². The van der Waals surface area contributed by atoms with Crippen LogP contribution in [0.15, 0.2) is 54.6 Å². The zero-order valence-corrected chi connectivity index (χ0v) is 13.0. The first-order chi connectivity index (χ1) is 11.3. The SMILES string of the molecule is O=C(NCCCC(=O)N1CCc2ccccc21)c1ccccc1. The first-order valence-corrected chi connectivity index (χ1v) is 7.97. The molecule has 23 heavy (non-hydrogen) atoms. The van der Waals surface area contributed by atoms with E-state index in [-0.39, 0.29) is 11.8 Å². The molecule has 4 nitrogen and oxygen atoms in total. The number of amides is 2. The van der Waals surface area contributed by atoms with Gasteiger partial charge in [-0.05, 0) is 36.6 Å². The topological polar surface area (TPSA) is 49.4 Å². The summed E-state index contributed by atoms with van der Waals surface area (Å²) in [6, 6.07) is 17.1. The Kier molecular flexibility index (Phi) is 4.71. The van der Waals surface area contributed by atoms with Crippen LogP contribution in [-0.4, -0.2) is 24.9 Å². The minimum absolute atomic E-state index is 0.0930. The van der Waals surface area contributed by atoms with Gasteiger partial charge in [0.15, 0.2) is 0 Å². The number of nitrogens with zero attached hydrogens (tertiary/aromatic N) is 1. The van der Waals surface area contributed by atoms with Crippen LogP contribution >= 0.6 is 0 Å². The molecule has 0 aromatic heterocycles. The second-order valence-corrected chi connectivity index (χ2v) is 5.65.